The predicted molar refractivity (Wildman–Crippen MR) is 65.6 cm³/mol. The van der Waals surface area contributed by atoms with Crippen molar-refractivity contribution in [3.63, 3.8) is 0 Å². The maximum atomic E-state index is 8.94. The minimum Gasteiger partial charge on any atom is -0.497 e. The SMILES string of the molecule is COc1ccc(C#N)c(NCC=C(C)C)c1. The summed E-state index contributed by atoms with van der Waals surface area (Å²) in [6.45, 7) is 4.79. The first kappa shape index (κ1) is 12.1. The van der Waals surface area contributed by atoms with Crippen molar-refractivity contribution in [2.24, 2.45) is 0 Å². The highest BCUT2D eigenvalue weighted by Crippen LogP contribution is 2.21. The summed E-state index contributed by atoms with van der Waals surface area (Å²) in [4.78, 5) is 0. The van der Waals surface area contributed by atoms with Gasteiger partial charge in [-0.25, -0.2) is 0 Å². The van der Waals surface area contributed by atoms with E-state index < -0.39 is 0 Å². The smallest absolute Gasteiger partial charge is 0.121 e. The maximum absolute atomic E-state index is 8.94. The van der Waals surface area contributed by atoms with Crippen LogP contribution in [-0.4, -0.2) is 13.7 Å². The standard InChI is InChI=1S/C13H16N2O/c1-10(2)6-7-15-13-8-12(16-3)5-4-11(13)9-14/h4-6,8,15H,7H2,1-3H3. The third-order valence-corrected chi connectivity index (χ3v) is 2.15. The van der Waals surface area contributed by atoms with Gasteiger partial charge in [0.15, 0.2) is 0 Å². The first-order valence-corrected chi connectivity index (χ1v) is 5.12. The second kappa shape index (κ2) is 5.82. The maximum Gasteiger partial charge on any atom is 0.121 e. The van der Waals surface area contributed by atoms with Gasteiger partial charge in [-0.3, -0.25) is 0 Å². The summed E-state index contributed by atoms with van der Waals surface area (Å²) in [6.07, 6.45) is 2.07. The van der Waals surface area contributed by atoms with E-state index in [2.05, 4.69) is 17.5 Å². The van der Waals surface area contributed by atoms with E-state index in [1.54, 1.807) is 19.2 Å². The molecule has 0 aromatic heterocycles. The van der Waals surface area contributed by atoms with Gasteiger partial charge < -0.3 is 10.1 Å². The van der Waals surface area contributed by atoms with E-state index in [1.807, 2.05) is 19.9 Å². The molecule has 1 N–H and O–H groups in total. The fourth-order valence-electron chi connectivity index (χ4n) is 1.26. The monoisotopic (exact) mass is 216 g/mol. The fraction of sp³-hybridized carbons (Fsp3) is 0.308. The van der Waals surface area contributed by atoms with E-state index in [-0.39, 0.29) is 0 Å². The first-order valence-electron chi connectivity index (χ1n) is 5.12. The van der Waals surface area contributed by atoms with E-state index in [0.29, 0.717) is 12.1 Å². The third-order valence-electron chi connectivity index (χ3n) is 2.15. The van der Waals surface area contributed by atoms with Gasteiger partial charge in [0.05, 0.1) is 18.4 Å². The molecule has 84 valence electrons. The molecule has 0 bridgehead atoms. The zero-order valence-corrected chi connectivity index (χ0v) is 9.87. The number of rotatable bonds is 4. The van der Waals surface area contributed by atoms with Crippen molar-refractivity contribution < 1.29 is 4.74 Å². The van der Waals surface area contributed by atoms with E-state index in [1.165, 1.54) is 5.57 Å². The van der Waals surface area contributed by atoms with Crippen LogP contribution in [0.1, 0.15) is 19.4 Å². The van der Waals surface area contributed by atoms with Crippen LogP contribution < -0.4 is 10.1 Å². The minimum atomic E-state index is 0.628. The molecule has 0 radical (unpaired) electrons. The second-order valence-corrected chi connectivity index (χ2v) is 3.69. The van der Waals surface area contributed by atoms with Crippen LogP contribution >= 0.6 is 0 Å². The Morgan fingerprint density at radius 1 is 1.50 bits per heavy atom. The average molecular weight is 216 g/mol. The Kier molecular flexibility index (Phi) is 4.41. The second-order valence-electron chi connectivity index (χ2n) is 3.69. The van der Waals surface area contributed by atoms with E-state index >= 15 is 0 Å². The Hall–Kier alpha value is -1.95. The molecule has 1 rings (SSSR count). The van der Waals surface area contributed by atoms with Crippen LogP contribution in [0.25, 0.3) is 0 Å². The number of benzene rings is 1. The number of hydrogen-bond acceptors (Lipinski definition) is 3. The highest BCUT2D eigenvalue weighted by molar-refractivity contribution is 5.60. The van der Waals surface area contributed by atoms with Crippen LogP contribution in [0.15, 0.2) is 29.8 Å². The number of nitriles is 1. The summed E-state index contributed by atoms with van der Waals surface area (Å²) < 4.78 is 5.12. The number of methoxy groups -OCH3 is 1. The molecule has 0 saturated carbocycles. The largest absolute Gasteiger partial charge is 0.497 e. The lowest BCUT2D eigenvalue weighted by Crippen LogP contribution is -2.01. The molecular weight excluding hydrogens is 200 g/mol. The van der Waals surface area contributed by atoms with Crippen LogP contribution in [0, 0.1) is 11.3 Å². The van der Waals surface area contributed by atoms with Gasteiger partial charge in [-0.1, -0.05) is 11.6 Å². The number of ether oxygens (including phenoxy) is 1. The lowest BCUT2D eigenvalue weighted by molar-refractivity contribution is 0.415. The number of anilines is 1. The van der Waals surface area contributed by atoms with Crippen LogP contribution in [0.5, 0.6) is 5.75 Å². The van der Waals surface area contributed by atoms with Crippen LogP contribution in [0.2, 0.25) is 0 Å². The molecule has 0 spiro atoms. The Bertz CT molecular complexity index is 426. The Morgan fingerprint density at radius 3 is 2.81 bits per heavy atom. The summed E-state index contributed by atoms with van der Waals surface area (Å²) in [5.41, 5.74) is 2.68. The lowest BCUT2D eigenvalue weighted by atomic mass is 10.2. The molecule has 0 unspecified atom stereocenters. The van der Waals surface area contributed by atoms with Crippen LogP contribution in [0.4, 0.5) is 5.69 Å². The van der Waals surface area contributed by atoms with Gasteiger partial charge in [0.25, 0.3) is 0 Å². The summed E-state index contributed by atoms with van der Waals surface area (Å²) in [7, 11) is 1.61. The van der Waals surface area contributed by atoms with Gasteiger partial charge in [-0.15, -0.1) is 0 Å². The number of allylic oxidation sites excluding steroid dienone is 1. The molecule has 3 nitrogen and oxygen atoms in total. The zero-order valence-electron chi connectivity index (χ0n) is 9.87. The Morgan fingerprint density at radius 2 is 2.25 bits per heavy atom. The number of nitrogens with zero attached hydrogens (tertiary/aromatic N) is 1. The molecule has 16 heavy (non-hydrogen) atoms. The molecule has 0 saturated heterocycles. The Balaban J connectivity index is 2.84. The van der Waals surface area contributed by atoms with Crippen LogP contribution in [-0.2, 0) is 0 Å². The van der Waals surface area contributed by atoms with Crippen molar-refractivity contribution in [1.29, 1.82) is 5.26 Å². The average Bonchev–Trinajstić information content (AvgIpc) is 2.28. The molecule has 0 aliphatic carbocycles. The summed E-state index contributed by atoms with van der Waals surface area (Å²) >= 11 is 0. The molecule has 3 heteroatoms. The summed E-state index contributed by atoms with van der Waals surface area (Å²) in [5.74, 6) is 0.749. The quantitative estimate of drug-likeness (QED) is 0.787. The van der Waals surface area contributed by atoms with E-state index in [0.717, 1.165) is 11.4 Å². The van der Waals surface area contributed by atoms with Crippen molar-refractivity contribution in [1.82, 2.24) is 0 Å². The fourth-order valence-corrected chi connectivity index (χ4v) is 1.26. The minimum absolute atomic E-state index is 0.628. The summed E-state index contributed by atoms with van der Waals surface area (Å²) in [6, 6.07) is 7.51. The van der Waals surface area contributed by atoms with Crippen molar-refractivity contribution in [2.45, 2.75) is 13.8 Å². The highest BCUT2D eigenvalue weighted by Gasteiger charge is 2.02. The van der Waals surface area contributed by atoms with Crippen molar-refractivity contribution in [3.8, 4) is 11.8 Å². The van der Waals surface area contributed by atoms with Gasteiger partial charge in [-0.05, 0) is 26.0 Å². The zero-order chi connectivity index (χ0) is 12.0. The van der Waals surface area contributed by atoms with Gasteiger partial charge >= 0.3 is 0 Å². The molecule has 0 heterocycles. The number of hydrogen-bond donors (Lipinski definition) is 1. The van der Waals surface area contributed by atoms with Crippen molar-refractivity contribution in [3.05, 3.63) is 35.4 Å². The van der Waals surface area contributed by atoms with Gasteiger partial charge in [0, 0.05) is 12.6 Å². The third kappa shape index (κ3) is 3.32. The molecule has 0 atom stereocenters. The molecule has 0 amide bonds. The van der Waals surface area contributed by atoms with Gasteiger partial charge in [-0.2, -0.15) is 5.26 Å². The van der Waals surface area contributed by atoms with Gasteiger partial charge in [0.2, 0.25) is 0 Å². The number of nitrogens with one attached hydrogen (secondary N) is 1. The van der Waals surface area contributed by atoms with Crippen molar-refractivity contribution in [2.75, 3.05) is 19.0 Å². The first-order chi connectivity index (χ1) is 7.67. The molecule has 0 fully saturated rings. The van der Waals surface area contributed by atoms with E-state index in [4.69, 9.17) is 10.00 Å². The topological polar surface area (TPSA) is 45.0 Å². The highest BCUT2D eigenvalue weighted by atomic mass is 16.5. The van der Waals surface area contributed by atoms with E-state index in [9.17, 15) is 0 Å². The van der Waals surface area contributed by atoms with Crippen molar-refractivity contribution >= 4 is 5.69 Å². The van der Waals surface area contributed by atoms with Gasteiger partial charge in [0.1, 0.15) is 11.8 Å². The molecule has 0 aliphatic rings. The molecule has 0 aliphatic heterocycles. The lowest BCUT2D eigenvalue weighted by Gasteiger charge is -2.08. The summed E-state index contributed by atoms with van der Waals surface area (Å²) in [5, 5.41) is 12.1. The molecule has 1 aromatic carbocycles. The molecular formula is C13H16N2O. The molecule has 1 aromatic rings. The predicted octanol–water partition coefficient (Wildman–Crippen LogP) is 2.94. The Labute approximate surface area is 96.4 Å². The van der Waals surface area contributed by atoms with Crippen LogP contribution in [0.3, 0.4) is 0 Å². The normalized spacial score (nSPS) is 9.12.